The van der Waals surface area contributed by atoms with E-state index in [1.165, 1.54) is 35.8 Å². The van der Waals surface area contributed by atoms with Gasteiger partial charge in [0, 0.05) is 36.8 Å². The van der Waals surface area contributed by atoms with E-state index >= 15 is 4.39 Å². The Morgan fingerprint density at radius 3 is 2.49 bits per heavy atom. The van der Waals surface area contributed by atoms with E-state index in [2.05, 4.69) is 15.6 Å². The summed E-state index contributed by atoms with van der Waals surface area (Å²) in [6, 6.07) is 15.4. The molecule has 202 valence electrons. The number of aromatic nitrogens is 2. The van der Waals surface area contributed by atoms with Crippen molar-refractivity contribution in [2.45, 2.75) is 13.8 Å². The molecule has 0 saturated heterocycles. The van der Waals surface area contributed by atoms with Gasteiger partial charge < -0.3 is 15.4 Å². The number of esters is 1. The first kappa shape index (κ1) is 28.1. The van der Waals surface area contributed by atoms with E-state index in [1.807, 2.05) is 0 Å². The summed E-state index contributed by atoms with van der Waals surface area (Å²) >= 11 is 12.2. The fraction of sp³-hybridized carbons (Fsp3) is 0.179. The number of carbonyl (C=O) groups is 2. The third kappa shape index (κ3) is 6.05. The van der Waals surface area contributed by atoms with E-state index in [0.29, 0.717) is 29.9 Å². The molecule has 0 fully saturated rings. The summed E-state index contributed by atoms with van der Waals surface area (Å²) in [5.41, 5.74) is 1.45. The fourth-order valence-corrected chi connectivity index (χ4v) is 4.37. The first-order valence-corrected chi connectivity index (χ1v) is 12.8. The molecule has 0 radical (unpaired) electrons. The number of anilines is 1. The number of hydrogen-bond donors (Lipinski definition) is 2. The van der Waals surface area contributed by atoms with Crippen LogP contribution >= 0.6 is 23.2 Å². The molecule has 4 rings (SSSR count). The highest BCUT2D eigenvalue weighted by Crippen LogP contribution is 2.39. The van der Waals surface area contributed by atoms with Gasteiger partial charge in [-0.2, -0.15) is 0 Å². The van der Waals surface area contributed by atoms with Gasteiger partial charge in [0.05, 0.1) is 28.0 Å². The minimum atomic E-state index is -0.758. The summed E-state index contributed by atoms with van der Waals surface area (Å²) in [6.07, 6.45) is 0. The maximum absolute atomic E-state index is 15.6. The zero-order valence-electron chi connectivity index (χ0n) is 21.0. The summed E-state index contributed by atoms with van der Waals surface area (Å²) in [4.78, 5) is 29.0. The summed E-state index contributed by atoms with van der Waals surface area (Å²) in [5, 5.41) is 5.61. The second-order valence-corrected chi connectivity index (χ2v) is 9.16. The van der Waals surface area contributed by atoms with Crippen molar-refractivity contribution in [3.63, 3.8) is 0 Å². The van der Waals surface area contributed by atoms with Crippen LogP contribution in [0.2, 0.25) is 10.0 Å². The lowest BCUT2D eigenvalue weighted by atomic mass is 10.1. The van der Waals surface area contributed by atoms with Gasteiger partial charge in [0.1, 0.15) is 11.6 Å². The Labute approximate surface area is 233 Å². The number of benzene rings is 3. The molecule has 0 spiro atoms. The molecule has 39 heavy (non-hydrogen) atoms. The Morgan fingerprint density at radius 1 is 1.00 bits per heavy atom. The molecule has 2 N–H and O–H groups in total. The van der Waals surface area contributed by atoms with Gasteiger partial charge in [-0.05, 0) is 49.4 Å². The molecule has 1 amide bonds. The monoisotopic (exact) mass is 572 g/mol. The van der Waals surface area contributed by atoms with Crippen molar-refractivity contribution in [2.24, 2.45) is 0 Å². The predicted molar refractivity (Wildman–Crippen MR) is 148 cm³/mol. The van der Waals surface area contributed by atoms with Crippen molar-refractivity contribution in [3.05, 3.63) is 88.0 Å². The van der Waals surface area contributed by atoms with Crippen molar-refractivity contribution in [2.75, 3.05) is 25.0 Å². The predicted octanol–water partition coefficient (Wildman–Crippen LogP) is 6.52. The van der Waals surface area contributed by atoms with Crippen LogP contribution in [0.15, 0.2) is 60.7 Å². The minimum Gasteiger partial charge on any atom is -0.461 e. The number of imidazole rings is 1. The van der Waals surface area contributed by atoms with Crippen LogP contribution in [0.3, 0.4) is 0 Å². The number of nitrogens with zero attached hydrogens (tertiary/aromatic N) is 2. The topological polar surface area (TPSA) is 85.2 Å². The van der Waals surface area contributed by atoms with Gasteiger partial charge in [0.15, 0.2) is 11.5 Å². The van der Waals surface area contributed by atoms with E-state index in [4.69, 9.17) is 27.9 Å². The van der Waals surface area contributed by atoms with E-state index in [9.17, 15) is 14.0 Å². The van der Waals surface area contributed by atoms with Crippen LogP contribution in [-0.4, -0.2) is 41.1 Å². The van der Waals surface area contributed by atoms with Crippen LogP contribution in [0.1, 0.15) is 24.3 Å². The van der Waals surface area contributed by atoms with E-state index in [0.717, 1.165) is 6.07 Å². The fourth-order valence-electron chi connectivity index (χ4n) is 4.02. The SMILES string of the molecule is CCOC(=O)c1nc(-c2ccccc2NCCNC(C)=O)n(-c2cccc(Cl)c2F)c1-c1ccc(F)c(Cl)c1. The summed E-state index contributed by atoms with van der Waals surface area (Å²) in [7, 11) is 0. The maximum atomic E-state index is 15.6. The lowest BCUT2D eigenvalue weighted by molar-refractivity contribution is -0.118. The van der Waals surface area contributed by atoms with Gasteiger partial charge in [-0.15, -0.1) is 0 Å². The number of ether oxygens (including phenoxy) is 1. The molecule has 0 aliphatic carbocycles. The average Bonchev–Trinajstić information content (AvgIpc) is 3.30. The number of rotatable bonds is 9. The van der Waals surface area contributed by atoms with Crippen molar-refractivity contribution >= 4 is 40.8 Å². The summed E-state index contributed by atoms with van der Waals surface area (Å²) < 4.78 is 36.4. The molecule has 0 atom stereocenters. The lowest BCUT2D eigenvalue weighted by Gasteiger charge is -2.17. The molecule has 1 heterocycles. The number of nitrogens with one attached hydrogen (secondary N) is 2. The van der Waals surface area contributed by atoms with Crippen molar-refractivity contribution in [1.82, 2.24) is 14.9 Å². The third-order valence-electron chi connectivity index (χ3n) is 5.69. The Morgan fingerprint density at radius 2 is 1.77 bits per heavy atom. The summed E-state index contributed by atoms with van der Waals surface area (Å²) in [5.74, 6) is -2.15. The van der Waals surface area contributed by atoms with E-state index in [-0.39, 0.29) is 45.5 Å². The standard InChI is InChI=1S/C28H24Cl2F2N4O3/c1-3-39-28(38)25-26(17-11-12-21(31)20(30)15-17)36(23-10-6-8-19(29)24(23)32)27(35-25)18-7-4-5-9-22(18)34-14-13-33-16(2)37/h4-12,15,34H,3,13-14H2,1-2H3,(H,33,37). The first-order valence-electron chi connectivity index (χ1n) is 12.0. The molecule has 4 aromatic rings. The van der Waals surface area contributed by atoms with Crippen molar-refractivity contribution in [1.29, 1.82) is 0 Å². The average molecular weight is 573 g/mol. The van der Waals surface area contributed by atoms with Gasteiger partial charge >= 0.3 is 5.97 Å². The number of carbonyl (C=O) groups excluding carboxylic acids is 2. The number of amides is 1. The molecular weight excluding hydrogens is 549 g/mol. The molecule has 0 aliphatic heterocycles. The highest BCUT2D eigenvalue weighted by atomic mass is 35.5. The van der Waals surface area contributed by atoms with Crippen LogP contribution < -0.4 is 10.6 Å². The van der Waals surface area contributed by atoms with E-state index < -0.39 is 17.6 Å². The van der Waals surface area contributed by atoms with Crippen molar-refractivity contribution < 1.29 is 23.1 Å². The molecule has 3 aromatic carbocycles. The number of hydrogen-bond acceptors (Lipinski definition) is 5. The molecule has 1 aromatic heterocycles. The summed E-state index contributed by atoms with van der Waals surface area (Å²) in [6.45, 7) is 3.87. The van der Waals surface area contributed by atoms with Crippen molar-refractivity contribution in [3.8, 4) is 28.3 Å². The first-order chi connectivity index (χ1) is 18.7. The number of halogens is 4. The minimum absolute atomic E-state index is 0.00375. The van der Waals surface area contributed by atoms with Crippen LogP contribution in [0.25, 0.3) is 28.3 Å². The molecule has 7 nitrogen and oxygen atoms in total. The Hall–Kier alpha value is -3.95. The highest BCUT2D eigenvalue weighted by molar-refractivity contribution is 6.31. The lowest BCUT2D eigenvalue weighted by Crippen LogP contribution is -2.26. The molecule has 0 unspecified atom stereocenters. The second kappa shape index (κ2) is 12.3. The Kier molecular flexibility index (Phi) is 8.83. The smallest absolute Gasteiger partial charge is 0.359 e. The van der Waals surface area contributed by atoms with Gasteiger partial charge in [-0.25, -0.2) is 18.6 Å². The van der Waals surface area contributed by atoms with Crippen LogP contribution in [0, 0.1) is 11.6 Å². The Balaban J connectivity index is 2.02. The molecule has 0 bridgehead atoms. The zero-order valence-corrected chi connectivity index (χ0v) is 22.5. The van der Waals surface area contributed by atoms with Gasteiger partial charge in [0.25, 0.3) is 0 Å². The van der Waals surface area contributed by atoms with Gasteiger partial charge in [0.2, 0.25) is 5.91 Å². The molecule has 11 heteroatoms. The number of para-hydroxylation sites is 1. The van der Waals surface area contributed by atoms with E-state index in [1.54, 1.807) is 37.3 Å². The molecule has 0 saturated carbocycles. The second-order valence-electron chi connectivity index (χ2n) is 8.35. The van der Waals surface area contributed by atoms with Crippen LogP contribution in [0.4, 0.5) is 14.5 Å². The van der Waals surface area contributed by atoms with Crippen LogP contribution in [0.5, 0.6) is 0 Å². The zero-order chi connectivity index (χ0) is 28.1. The van der Waals surface area contributed by atoms with Crippen LogP contribution in [-0.2, 0) is 9.53 Å². The van der Waals surface area contributed by atoms with Gasteiger partial charge in [-0.3, -0.25) is 9.36 Å². The quantitative estimate of drug-likeness (QED) is 0.176. The maximum Gasteiger partial charge on any atom is 0.359 e. The third-order valence-corrected chi connectivity index (χ3v) is 6.28. The molecule has 0 aliphatic rings. The molecular formula is C28H24Cl2F2N4O3. The van der Waals surface area contributed by atoms with Gasteiger partial charge in [-0.1, -0.05) is 41.4 Å². The normalized spacial score (nSPS) is 10.8. The largest absolute Gasteiger partial charge is 0.461 e. The Bertz CT molecular complexity index is 1540. The highest BCUT2D eigenvalue weighted by Gasteiger charge is 2.29.